The molecule has 0 unspecified atom stereocenters. The van der Waals surface area contributed by atoms with Crippen molar-refractivity contribution in [2.75, 3.05) is 19.7 Å². The monoisotopic (exact) mass is 271 g/mol. The summed E-state index contributed by atoms with van der Waals surface area (Å²) in [5.74, 6) is -2.76. The molecular formula is C11H20F3NO3. The van der Waals surface area contributed by atoms with E-state index in [1.54, 1.807) is 0 Å². The van der Waals surface area contributed by atoms with Crippen LogP contribution >= 0.6 is 0 Å². The van der Waals surface area contributed by atoms with Gasteiger partial charge in [-0.1, -0.05) is 13.3 Å². The maximum absolute atomic E-state index is 10.6. The number of hydrogen-bond donors (Lipinski definition) is 2. The number of piperidine rings is 1. The van der Waals surface area contributed by atoms with Gasteiger partial charge in [0.15, 0.2) is 0 Å². The third-order valence-corrected chi connectivity index (χ3v) is 2.38. The molecule has 0 aromatic rings. The van der Waals surface area contributed by atoms with Crippen molar-refractivity contribution in [3.05, 3.63) is 0 Å². The summed E-state index contributed by atoms with van der Waals surface area (Å²) in [6.45, 7) is 5.43. The summed E-state index contributed by atoms with van der Waals surface area (Å²) in [5.41, 5.74) is 0. The van der Waals surface area contributed by atoms with Crippen LogP contribution in [-0.4, -0.2) is 43.1 Å². The minimum absolute atomic E-state index is 0.544. The molecule has 0 spiro atoms. The Labute approximate surface area is 105 Å². The number of aliphatic carboxylic acids is 1. The van der Waals surface area contributed by atoms with Gasteiger partial charge >= 0.3 is 12.1 Å². The quantitative estimate of drug-likeness (QED) is 0.769. The molecule has 1 aliphatic rings. The first-order chi connectivity index (χ1) is 8.38. The van der Waals surface area contributed by atoms with E-state index in [-0.39, 0.29) is 0 Å². The van der Waals surface area contributed by atoms with Gasteiger partial charge in [-0.25, -0.2) is 4.79 Å². The Balaban J connectivity index is 0.000000360. The predicted octanol–water partition coefficient (Wildman–Crippen LogP) is 2.19. The van der Waals surface area contributed by atoms with Gasteiger partial charge in [0, 0.05) is 6.61 Å². The second-order valence-corrected chi connectivity index (χ2v) is 3.98. The smallest absolute Gasteiger partial charge is 0.475 e. The molecule has 0 aromatic carbocycles. The summed E-state index contributed by atoms with van der Waals surface area (Å²) in [5, 5.41) is 10.5. The van der Waals surface area contributed by atoms with Crippen LogP contribution < -0.4 is 5.32 Å². The Morgan fingerprint density at radius 3 is 2.28 bits per heavy atom. The van der Waals surface area contributed by atoms with E-state index in [1.807, 2.05) is 0 Å². The number of halogens is 3. The molecule has 0 bridgehead atoms. The first kappa shape index (κ1) is 17.2. The van der Waals surface area contributed by atoms with Gasteiger partial charge in [-0.15, -0.1) is 0 Å². The minimum atomic E-state index is -5.08. The molecule has 2 N–H and O–H groups in total. The highest BCUT2D eigenvalue weighted by Crippen LogP contribution is 2.13. The average molecular weight is 271 g/mol. The van der Waals surface area contributed by atoms with Gasteiger partial charge in [0.25, 0.3) is 0 Å². The SMILES string of the molecule is CCCCOC1CCNCC1.O=C(O)C(F)(F)F. The highest BCUT2D eigenvalue weighted by atomic mass is 19.4. The number of hydrogen-bond acceptors (Lipinski definition) is 3. The second-order valence-electron chi connectivity index (χ2n) is 3.98. The summed E-state index contributed by atoms with van der Waals surface area (Å²) in [4.78, 5) is 8.90. The van der Waals surface area contributed by atoms with Gasteiger partial charge in [-0.05, 0) is 32.4 Å². The number of carboxylic acids is 1. The lowest BCUT2D eigenvalue weighted by Crippen LogP contribution is -2.32. The Hall–Kier alpha value is -0.820. The normalized spacial score (nSPS) is 16.9. The molecule has 18 heavy (non-hydrogen) atoms. The number of nitrogens with one attached hydrogen (secondary N) is 1. The standard InChI is InChI=1S/C9H19NO.C2HF3O2/c1-2-3-8-11-9-4-6-10-7-5-9;3-2(4,5)1(6)7/h9-10H,2-8H2,1H3;(H,6,7). The van der Waals surface area contributed by atoms with E-state index in [1.165, 1.54) is 25.7 Å². The molecule has 108 valence electrons. The van der Waals surface area contributed by atoms with E-state index in [0.29, 0.717) is 6.10 Å². The minimum Gasteiger partial charge on any atom is -0.475 e. The van der Waals surface area contributed by atoms with Gasteiger partial charge in [0.05, 0.1) is 6.10 Å². The topological polar surface area (TPSA) is 58.6 Å². The fraction of sp³-hybridized carbons (Fsp3) is 0.909. The van der Waals surface area contributed by atoms with Crippen LogP contribution in [0.5, 0.6) is 0 Å². The van der Waals surface area contributed by atoms with Gasteiger partial charge < -0.3 is 15.2 Å². The van der Waals surface area contributed by atoms with Crippen LogP contribution in [0.1, 0.15) is 32.6 Å². The molecule has 0 atom stereocenters. The molecule has 4 nitrogen and oxygen atoms in total. The first-order valence-electron chi connectivity index (χ1n) is 6.00. The van der Waals surface area contributed by atoms with E-state index < -0.39 is 12.1 Å². The number of alkyl halides is 3. The average Bonchev–Trinajstić information content (AvgIpc) is 2.30. The third-order valence-electron chi connectivity index (χ3n) is 2.38. The Bertz CT molecular complexity index is 228. The van der Waals surface area contributed by atoms with Crippen molar-refractivity contribution >= 4 is 5.97 Å². The molecule has 1 heterocycles. The molecular weight excluding hydrogens is 251 g/mol. The van der Waals surface area contributed by atoms with E-state index in [2.05, 4.69) is 12.2 Å². The molecule has 0 radical (unpaired) electrons. The number of rotatable bonds is 4. The number of carbonyl (C=O) groups is 1. The Kier molecular flexibility index (Phi) is 8.74. The third kappa shape index (κ3) is 9.23. The Morgan fingerprint density at radius 2 is 1.89 bits per heavy atom. The second kappa shape index (κ2) is 9.16. The highest BCUT2D eigenvalue weighted by molar-refractivity contribution is 5.73. The molecule has 1 fully saturated rings. The number of unbranched alkanes of at least 4 members (excludes halogenated alkanes) is 1. The number of ether oxygens (including phenoxy) is 1. The van der Waals surface area contributed by atoms with Crippen LogP contribution in [0.15, 0.2) is 0 Å². The highest BCUT2D eigenvalue weighted by Gasteiger charge is 2.38. The van der Waals surface area contributed by atoms with Gasteiger partial charge in [-0.2, -0.15) is 13.2 Å². The maximum Gasteiger partial charge on any atom is 0.490 e. The van der Waals surface area contributed by atoms with E-state index in [0.717, 1.165) is 19.7 Å². The zero-order valence-electron chi connectivity index (χ0n) is 10.4. The summed E-state index contributed by atoms with van der Waals surface area (Å²) in [6, 6.07) is 0. The predicted molar refractivity (Wildman–Crippen MR) is 60.4 cm³/mol. The molecule has 1 aliphatic heterocycles. The molecule has 1 rings (SSSR count). The summed E-state index contributed by atoms with van der Waals surface area (Å²) in [7, 11) is 0. The molecule has 0 saturated carbocycles. The number of carboxylic acid groups (broad SMARTS) is 1. The van der Waals surface area contributed by atoms with Crippen LogP contribution in [0, 0.1) is 0 Å². The van der Waals surface area contributed by atoms with Crippen molar-refractivity contribution < 1.29 is 27.8 Å². The van der Waals surface area contributed by atoms with Crippen LogP contribution in [0.3, 0.4) is 0 Å². The van der Waals surface area contributed by atoms with Crippen molar-refractivity contribution in [1.29, 1.82) is 0 Å². The van der Waals surface area contributed by atoms with Crippen LogP contribution in [0.4, 0.5) is 13.2 Å². The van der Waals surface area contributed by atoms with E-state index in [4.69, 9.17) is 14.6 Å². The van der Waals surface area contributed by atoms with Crippen molar-refractivity contribution in [2.45, 2.75) is 44.9 Å². The van der Waals surface area contributed by atoms with Crippen molar-refractivity contribution in [1.82, 2.24) is 5.32 Å². The Morgan fingerprint density at radius 1 is 1.39 bits per heavy atom. The molecule has 7 heteroatoms. The molecule has 0 aliphatic carbocycles. The van der Waals surface area contributed by atoms with Crippen LogP contribution in [0.2, 0.25) is 0 Å². The zero-order valence-corrected chi connectivity index (χ0v) is 10.4. The summed E-state index contributed by atoms with van der Waals surface area (Å²) >= 11 is 0. The van der Waals surface area contributed by atoms with Crippen molar-refractivity contribution in [2.24, 2.45) is 0 Å². The first-order valence-corrected chi connectivity index (χ1v) is 6.00. The van der Waals surface area contributed by atoms with Gasteiger partial charge in [0.1, 0.15) is 0 Å². The van der Waals surface area contributed by atoms with Crippen LogP contribution in [0.25, 0.3) is 0 Å². The van der Waals surface area contributed by atoms with Crippen molar-refractivity contribution in [3.63, 3.8) is 0 Å². The molecule has 0 amide bonds. The molecule has 1 saturated heterocycles. The lowest BCUT2D eigenvalue weighted by Gasteiger charge is -2.22. The van der Waals surface area contributed by atoms with Crippen molar-refractivity contribution in [3.8, 4) is 0 Å². The lowest BCUT2D eigenvalue weighted by atomic mass is 10.1. The van der Waals surface area contributed by atoms with Gasteiger partial charge in [-0.3, -0.25) is 0 Å². The van der Waals surface area contributed by atoms with Crippen LogP contribution in [-0.2, 0) is 9.53 Å². The van der Waals surface area contributed by atoms with Gasteiger partial charge in [0.2, 0.25) is 0 Å². The largest absolute Gasteiger partial charge is 0.490 e. The van der Waals surface area contributed by atoms with E-state index in [9.17, 15) is 13.2 Å². The molecule has 0 aromatic heterocycles. The zero-order chi connectivity index (χ0) is 14.0. The fourth-order valence-corrected chi connectivity index (χ4v) is 1.36. The van der Waals surface area contributed by atoms with E-state index >= 15 is 0 Å². The summed E-state index contributed by atoms with van der Waals surface area (Å²) in [6.07, 6.45) is 0.310. The fourth-order valence-electron chi connectivity index (χ4n) is 1.36. The maximum atomic E-state index is 10.6. The lowest BCUT2D eigenvalue weighted by molar-refractivity contribution is -0.192. The summed E-state index contributed by atoms with van der Waals surface area (Å²) < 4.78 is 37.4.